The van der Waals surface area contributed by atoms with Crippen molar-refractivity contribution in [1.29, 1.82) is 0 Å². The van der Waals surface area contributed by atoms with Crippen molar-refractivity contribution in [3.05, 3.63) is 29.8 Å². The molecule has 3 nitrogen and oxygen atoms in total. The average molecular weight is 233 g/mol. The lowest BCUT2D eigenvalue weighted by Gasteiger charge is -2.27. The molecule has 0 saturated carbocycles. The maximum atomic E-state index is 11.9. The quantitative estimate of drug-likeness (QED) is 0.871. The molecule has 1 aliphatic heterocycles. The van der Waals surface area contributed by atoms with Crippen LogP contribution in [0.25, 0.3) is 0 Å². The molecule has 0 saturated heterocycles. The van der Waals surface area contributed by atoms with Gasteiger partial charge < -0.3 is 10.1 Å². The molecule has 0 bridgehead atoms. The lowest BCUT2D eigenvalue weighted by Crippen LogP contribution is -2.35. The second-order valence-corrected chi connectivity index (χ2v) is 4.55. The van der Waals surface area contributed by atoms with Gasteiger partial charge in [0.1, 0.15) is 5.75 Å². The monoisotopic (exact) mass is 233 g/mol. The molecule has 3 heteroatoms. The number of amides is 1. The van der Waals surface area contributed by atoms with Crippen LogP contribution in [0.1, 0.15) is 38.3 Å². The van der Waals surface area contributed by atoms with Crippen molar-refractivity contribution < 1.29 is 9.53 Å². The highest BCUT2D eigenvalue weighted by atomic mass is 16.5. The van der Waals surface area contributed by atoms with E-state index in [1.807, 2.05) is 38.1 Å². The zero-order valence-corrected chi connectivity index (χ0v) is 10.4. The SMILES string of the molecule is CC[C@H](C)C(=O)N[C@H]1CCOc2ccccc21. The van der Waals surface area contributed by atoms with Crippen molar-refractivity contribution in [3.63, 3.8) is 0 Å². The molecule has 0 unspecified atom stereocenters. The molecule has 1 aromatic rings. The van der Waals surface area contributed by atoms with Gasteiger partial charge in [-0.3, -0.25) is 4.79 Å². The summed E-state index contributed by atoms with van der Waals surface area (Å²) < 4.78 is 5.57. The van der Waals surface area contributed by atoms with Gasteiger partial charge in [0.2, 0.25) is 5.91 Å². The molecule has 92 valence electrons. The van der Waals surface area contributed by atoms with Crippen molar-refractivity contribution >= 4 is 5.91 Å². The molecule has 0 spiro atoms. The number of hydrogen-bond donors (Lipinski definition) is 1. The molecule has 0 fully saturated rings. The first-order valence-corrected chi connectivity index (χ1v) is 6.24. The van der Waals surface area contributed by atoms with E-state index in [0.717, 1.165) is 24.2 Å². The van der Waals surface area contributed by atoms with Gasteiger partial charge in [0.15, 0.2) is 0 Å². The van der Waals surface area contributed by atoms with Crippen LogP contribution in [0.15, 0.2) is 24.3 Å². The number of fused-ring (bicyclic) bond motifs is 1. The van der Waals surface area contributed by atoms with Crippen LogP contribution in [0.5, 0.6) is 5.75 Å². The fraction of sp³-hybridized carbons (Fsp3) is 0.500. The molecule has 0 aromatic heterocycles. The number of hydrogen-bond acceptors (Lipinski definition) is 2. The molecule has 2 atom stereocenters. The topological polar surface area (TPSA) is 38.3 Å². The minimum absolute atomic E-state index is 0.0741. The van der Waals surface area contributed by atoms with Crippen molar-refractivity contribution in [1.82, 2.24) is 5.32 Å². The lowest BCUT2D eigenvalue weighted by molar-refractivity contribution is -0.125. The predicted octanol–water partition coefficient (Wildman–Crippen LogP) is 2.67. The summed E-state index contributed by atoms with van der Waals surface area (Å²) >= 11 is 0. The van der Waals surface area contributed by atoms with Crippen LogP contribution in [0.4, 0.5) is 0 Å². The van der Waals surface area contributed by atoms with E-state index in [2.05, 4.69) is 5.32 Å². The van der Waals surface area contributed by atoms with Gasteiger partial charge in [-0.2, -0.15) is 0 Å². The molecule has 1 heterocycles. The summed E-state index contributed by atoms with van der Waals surface area (Å²) in [6.45, 7) is 4.66. The van der Waals surface area contributed by atoms with E-state index in [0.29, 0.717) is 6.61 Å². The first-order valence-electron chi connectivity index (χ1n) is 6.24. The molecule has 2 rings (SSSR count). The van der Waals surface area contributed by atoms with Gasteiger partial charge in [-0.15, -0.1) is 0 Å². The summed E-state index contributed by atoms with van der Waals surface area (Å²) in [6, 6.07) is 8.02. The highest BCUT2D eigenvalue weighted by molar-refractivity contribution is 5.78. The van der Waals surface area contributed by atoms with E-state index in [4.69, 9.17) is 4.74 Å². The standard InChI is InChI=1S/C14H19NO2/c1-3-10(2)14(16)15-12-8-9-17-13-7-5-4-6-11(12)13/h4-7,10,12H,3,8-9H2,1-2H3,(H,15,16)/t10-,12-/m0/s1. The summed E-state index contributed by atoms with van der Waals surface area (Å²) in [5, 5.41) is 3.11. The molecular weight excluding hydrogens is 214 g/mol. The minimum atomic E-state index is 0.0741. The summed E-state index contributed by atoms with van der Waals surface area (Å²) in [5.41, 5.74) is 1.09. The van der Waals surface area contributed by atoms with Gasteiger partial charge in [-0.1, -0.05) is 32.0 Å². The Bertz CT molecular complexity index is 403. The highest BCUT2D eigenvalue weighted by Crippen LogP contribution is 2.31. The van der Waals surface area contributed by atoms with Gasteiger partial charge in [0.25, 0.3) is 0 Å². The number of para-hydroxylation sites is 1. The summed E-state index contributed by atoms with van der Waals surface area (Å²) in [4.78, 5) is 11.9. The van der Waals surface area contributed by atoms with Crippen molar-refractivity contribution in [3.8, 4) is 5.75 Å². The Kier molecular flexibility index (Phi) is 3.67. The van der Waals surface area contributed by atoms with Crippen LogP contribution < -0.4 is 10.1 Å². The van der Waals surface area contributed by atoms with Crippen molar-refractivity contribution in [2.24, 2.45) is 5.92 Å². The van der Waals surface area contributed by atoms with Gasteiger partial charge >= 0.3 is 0 Å². The third-order valence-electron chi connectivity index (χ3n) is 3.33. The Morgan fingerprint density at radius 1 is 1.53 bits per heavy atom. The zero-order valence-electron chi connectivity index (χ0n) is 10.4. The van der Waals surface area contributed by atoms with E-state index in [-0.39, 0.29) is 17.9 Å². The van der Waals surface area contributed by atoms with Crippen LogP contribution in [0.3, 0.4) is 0 Å². The Morgan fingerprint density at radius 2 is 2.29 bits per heavy atom. The number of carbonyl (C=O) groups excluding carboxylic acids is 1. The molecule has 1 amide bonds. The zero-order chi connectivity index (χ0) is 12.3. The molecule has 1 aliphatic rings. The highest BCUT2D eigenvalue weighted by Gasteiger charge is 2.23. The molecule has 1 N–H and O–H groups in total. The maximum absolute atomic E-state index is 11.9. The van der Waals surface area contributed by atoms with Crippen molar-refractivity contribution in [2.75, 3.05) is 6.61 Å². The molecule has 0 aliphatic carbocycles. The number of rotatable bonds is 3. The number of nitrogens with one attached hydrogen (secondary N) is 1. The van der Waals surface area contributed by atoms with E-state index < -0.39 is 0 Å². The lowest BCUT2D eigenvalue weighted by atomic mass is 9.99. The Morgan fingerprint density at radius 3 is 3.06 bits per heavy atom. The smallest absolute Gasteiger partial charge is 0.223 e. The van der Waals surface area contributed by atoms with E-state index in [9.17, 15) is 4.79 Å². The van der Waals surface area contributed by atoms with E-state index in [1.165, 1.54) is 0 Å². The first-order chi connectivity index (χ1) is 8.22. The van der Waals surface area contributed by atoms with Crippen LogP contribution in [0, 0.1) is 5.92 Å². The normalized spacial score (nSPS) is 20.0. The third-order valence-corrected chi connectivity index (χ3v) is 3.33. The van der Waals surface area contributed by atoms with Gasteiger partial charge in [0, 0.05) is 17.9 Å². The number of carbonyl (C=O) groups is 1. The molecule has 17 heavy (non-hydrogen) atoms. The molecular formula is C14H19NO2. The predicted molar refractivity (Wildman–Crippen MR) is 66.9 cm³/mol. The third kappa shape index (κ3) is 2.60. The number of ether oxygens (including phenoxy) is 1. The molecule has 0 radical (unpaired) electrons. The largest absolute Gasteiger partial charge is 0.493 e. The van der Waals surface area contributed by atoms with Crippen LogP contribution in [-0.2, 0) is 4.79 Å². The van der Waals surface area contributed by atoms with E-state index in [1.54, 1.807) is 0 Å². The Labute approximate surface area is 102 Å². The first kappa shape index (κ1) is 12.0. The van der Waals surface area contributed by atoms with Crippen LogP contribution in [0.2, 0.25) is 0 Å². The summed E-state index contributed by atoms with van der Waals surface area (Å²) in [7, 11) is 0. The minimum Gasteiger partial charge on any atom is -0.493 e. The Balaban J connectivity index is 2.11. The number of benzene rings is 1. The summed E-state index contributed by atoms with van der Waals surface area (Å²) in [6.07, 6.45) is 1.72. The van der Waals surface area contributed by atoms with Crippen LogP contribution in [-0.4, -0.2) is 12.5 Å². The molecule has 1 aromatic carbocycles. The second-order valence-electron chi connectivity index (χ2n) is 4.55. The maximum Gasteiger partial charge on any atom is 0.223 e. The Hall–Kier alpha value is -1.51. The van der Waals surface area contributed by atoms with E-state index >= 15 is 0 Å². The second kappa shape index (κ2) is 5.21. The van der Waals surface area contributed by atoms with Gasteiger partial charge in [0.05, 0.1) is 12.6 Å². The summed E-state index contributed by atoms with van der Waals surface area (Å²) in [5.74, 6) is 1.10. The van der Waals surface area contributed by atoms with Gasteiger partial charge in [-0.25, -0.2) is 0 Å². The fourth-order valence-electron chi connectivity index (χ4n) is 1.99. The van der Waals surface area contributed by atoms with Gasteiger partial charge in [-0.05, 0) is 12.5 Å². The average Bonchev–Trinajstić information content (AvgIpc) is 2.38. The fourth-order valence-corrected chi connectivity index (χ4v) is 1.99. The van der Waals surface area contributed by atoms with Crippen LogP contribution >= 0.6 is 0 Å². The van der Waals surface area contributed by atoms with Crippen molar-refractivity contribution in [2.45, 2.75) is 32.7 Å².